The van der Waals surface area contributed by atoms with Crippen LogP contribution in [0.15, 0.2) is 65.8 Å². The van der Waals surface area contributed by atoms with Crippen molar-refractivity contribution in [2.45, 2.75) is 13.0 Å². The summed E-state index contributed by atoms with van der Waals surface area (Å²) >= 11 is 12.2. The lowest BCUT2D eigenvalue weighted by atomic mass is 10.1. The first-order chi connectivity index (χ1) is 17.4. The summed E-state index contributed by atoms with van der Waals surface area (Å²) in [6, 6.07) is 17.8. The van der Waals surface area contributed by atoms with Gasteiger partial charge in [0.25, 0.3) is 0 Å². The highest BCUT2D eigenvalue weighted by molar-refractivity contribution is 6.35. The molecule has 188 valence electrons. The fraction of sp³-hybridized carbons (Fsp3) is 0.192. The highest BCUT2D eigenvalue weighted by Crippen LogP contribution is 2.28. The van der Waals surface area contributed by atoms with Crippen LogP contribution in [-0.4, -0.2) is 38.8 Å². The van der Waals surface area contributed by atoms with Gasteiger partial charge in [0, 0.05) is 11.6 Å². The van der Waals surface area contributed by atoms with Crippen LogP contribution < -0.4 is 25.0 Å². The molecule has 3 aromatic carbocycles. The van der Waals surface area contributed by atoms with Crippen molar-refractivity contribution in [2.75, 3.05) is 20.8 Å². The Balaban J connectivity index is 1.43. The molecule has 36 heavy (non-hydrogen) atoms. The standard InChI is InChI=1S/C26H25Cl2N3O5/c1-34-23-10-5-17(14-24(23)35-2)11-12-29-25(32)26(33)31-30-15-19-6-9-22(21(28)13-19)36-16-18-3-7-20(27)8-4-18/h3-10,13-15H,11-12,16H2,1-2H3,(H,29,32)(H,31,33)/b30-15-. The Morgan fingerprint density at radius 3 is 2.25 bits per heavy atom. The van der Waals surface area contributed by atoms with Crippen molar-refractivity contribution in [1.29, 1.82) is 0 Å². The van der Waals surface area contributed by atoms with Crippen molar-refractivity contribution in [3.05, 3.63) is 87.4 Å². The molecule has 0 aromatic heterocycles. The zero-order chi connectivity index (χ0) is 25.9. The second kappa shape index (κ2) is 13.4. The van der Waals surface area contributed by atoms with Crippen LogP contribution in [0.25, 0.3) is 0 Å². The van der Waals surface area contributed by atoms with Gasteiger partial charge < -0.3 is 19.5 Å². The fourth-order valence-electron chi connectivity index (χ4n) is 3.11. The second-order valence-electron chi connectivity index (χ2n) is 7.50. The molecule has 0 aliphatic rings. The van der Waals surface area contributed by atoms with Gasteiger partial charge in [0.2, 0.25) is 0 Å². The minimum Gasteiger partial charge on any atom is -0.493 e. The summed E-state index contributed by atoms with van der Waals surface area (Å²) in [5.41, 5.74) is 4.68. The van der Waals surface area contributed by atoms with Crippen LogP contribution in [0.1, 0.15) is 16.7 Å². The molecule has 0 heterocycles. The maximum absolute atomic E-state index is 12.0. The molecule has 0 aliphatic heterocycles. The van der Waals surface area contributed by atoms with E-state index >= 15 is 0 Å². The van der Waals surface area contributed by atoms with E-state index in [0.717, 1.165) is 11.1 Å². The van der Waals surface area contributed by atoms with Gasteiger partial charge in [-0.3, -0.25) is 9.59 Å². The van der Waals surface area contributed by atoms with Gasteiger partial charge in [0.05, 0.1) is 25.5 Å². The number of hydrogen-bond acceptors (Lipinski definition) is 6. The molecule has 0 spiro atoms. The van der Waals surface area contributed by atoms with Crippen molar-refractivity contribution in [1.82, 2.24) is 10.7 Å². The molecule has 0 saturated heterocycles. The Bertz CT molecular complexity index is 1230. The third kappa shape index (κ3) is 7.90. The average Bonchev–Trinajstić information content (AvgIpc) is 2.88. The molecule has 3 rings (SSSR count). The van der Waals surface area contributed by atoms with Gasteiger partial charge >= 0.3 is 11.8 Å². The van der Waals surface area contributed by atoms with Crippen LogP contribution >= 0.6 is 23.2 Å². The number of amides is 2. The van der Waals surface area contributed by atoms with Crippen LogP contribution in [0, 0.1) is 0 Å². The van der Waals surface area contributed by atoms with E-state index in [1.807, 2.05) is 24.3 Å². The SMILES string of the molecule is COc1ccc(CCNC(=O)C(=O)N/N=C\c2ccc(OCc3ccc(Cl)cc3)c(Cl)c2)cc1OC. The van der Waals surface area contributed by atoms with Gasteiger partial charge in [-0.1, -0.05) is 41.4 Å². The lowest BCUT2D eigenvalue weighted by Crippen LogP contribution is -2.38. The molecule has 8 nitrogen and oxygen atoms in total. The van der Waals surface area contributed by atoms with E-state index in [1.54, 1.807) is 50.6 Å². The van der Waals surface area contributed by atoms with E-state index in [2.05, 4.69) is 15.8 Å². The van der Waals surface area contributed by atoms with Crippen LogP contribution in [0.2, 0.25) is 10.0 Å². The number of carbonyl (C=O) groups excluding carboxylic acids is 2. The van der Waals surface area contributed by atoms with E-state index in [-0.39, 0.29) is 6.54 Å². The van der Waals surface area contributed by atoms with Gasteiger partial charge in [0.1, 0.15) is 12.4 Å². The zero-order valence-electron chi connectivity index (χ0n) is 19.7. The van der Waals surface area contributed by atoms with Crippen LogP contribution in [-0.2, 0) is 22.6 Å². The number of benzene rings is 3. The Kier molecular flexibility index (Phi) is 9.97. The first-order valence-electron chi connectivity index (χ1n) is 10.9. The molecule has 3 aromatic rings. The van der Waals surface area contributed by atoms with Gasteiger partial charge in [-0.2, -0.15) is 5.10 Å². The zero-order valence-corrected chi connectivity index (χ0v) is 21.2. The number of hydrazone groups is 1. The Morgan fingerprint density at radius 2 is 1.56 bits per heavy atom. The first kappa shape index (κ1) is 26.8. The summed E-state index contributed by atoms with van der Waals surface area (Å²) in [5.74, 6) is 0.0319. The largest absolute Gasteiger partial charge is 0.493 e. The third-order valence-electron chi connectivity index (χ3n) is 5.00. The Morgan fingerprint density at radius 1 is 0.861 bits per heavy atom. The quantitative estimate of drug-likeness (QED) is 0.230. The molecule has 0 saturated carbocycles. The van der Waals surface area contributed by atoms with Crippen molar-refractivity contribution in [3.8, 4) is 17.2 Å². The van der Waals surface area contributed by atoms with Crippen LogP contribution in [0.5, 0.6) is 17.2 Å². The Hall–Kier alpha value is -3.75. The topological polar surface area (TPSA) is 98.2 Å². The number of carbonyl (C=O) groups is 2. The van der Waals surface area contributed by atoms with Gasteiger partial charge in [-0.15, -0.1) is 0 Å². The van der Waals surface area contributed by atoms with E-state index in [4.69, 9.17) is 37.4 Å². The Labute approximate surface area is 219 Å². The summed E-state index contributed by atoms with van der Waals surface area (Å²) in [6.07, 6.45) is 1.89. The van der Waals surface area contributed by atoms with E-state index in [0.29, 0.717) is 45.9 Å². The lowest BCUT2D eigenvalue weighted by molar-refractivity contribution is -0.139. The molecule has 0 unspecified atom stereocenters. The number of ether oxygens (including phenoxy) is 3. The molecule has 0 bridgehead atoms. The van der Waals surface area contributed by atoms with Gasteiger partial charge in [-0.05, 0) is 65.6 Å². The molecule has 0 aliphatic carbocycles. The van der Waals surface area contributed by atoms with Gasteiger partial charge in [0.15, 0.2) is 11.5 Å². The number of rotatable bonds is 10. The van der Waals surface area contributed by atoms with Gasteiger partial charge in [-0.25, -0.2) is 5.43 Å². The fourth-order valence-corrected chi connectivity index (χ4v) is 3.48. The summed E-state index contributed by atoms with van der Waals surface area (Å²) in [4.78, 5) is 24.0. The second-order valence-corrected chi connectivity index (χ2v) is 8.34. The minimum absolute atomic E-state index is 0.262. The van der Waals surface area contributed by atoms with Crippen molar-refractivity contribution in [3.63, 3.8) is 0 Å². The smallest absolute Gasteiger partial charge is 0.329 e. The van der Waals surface area contributed by atoms with Crippen LogP contribution in [0.4, 0.5) is 0 Å². The van der Waals surface area contributed by atoms with Crippen LogP contribution in [0.3, 0.4) is 0 Å². The molecule has 0 radical (unpaired) electrons. The number of hydrogen-bond donors (Lipinski definition) is 2. The van der Waals surface area contributed by atoms with Crippen molar-refractivity contribution >= 4 is 41.2 Å². The maximum Gasteiger partial charge on any atom is 0.329 e. The molecule has 2 N–H and O–H groups in total. The molecule has 0 atom stereocenters. The number of halogens is 2. The first-order valence-corrected chi connectivity index (χ1v) is 11.6. The van der Waals surface area contributed by atoms with E-state index in [1.165, 1.54) is 6.21 Å². The summed E-state index contributed by atoms with van der Waals surface area (Å²) < 4.78 is 16.2. The summed E-state index contributed by atoms with van der Waals surface area (Å²) in [5, 5.41) is 7.40. The maximum atomic E-state index is 12.0. The predicted octanol–water partition coefficient (Wildman–Crippen LogP) is 4.40. The normalized spacial score (nSPS) is 10.7. The average molecular weight is 530 g/mol. The predicted molar refractivity (Wildman–Crippen MR) is 139 cm³/mol. The molecular weight excluding hydrogens is 505 g/mol. The summed E-state index contributed by atoms with van der Waals surface area (Å²) in [7, 11) is 3.11. The monoisotopic (exact) mass is 529 g/mol. The van der Waals surface area contributed by atoms with Crippen molar-refractivity contribution in [2.24, 2.45) is 5.10 Å². The van der Waals surface area contributed by atoms with E-state index in [9.17, 15) is 9.59 Å². The molecule has 0 fully saturated rings. The molecule has 2 amide bonds. The lowest BCUT2D eigenvalue weighted by Gasteiger charge is -2.10. The van der Waals surface area contributed by atoms with Crippen molar-refractivity contribution < 1.29 is 23.8 Å². The molecular formula is C26H25Cl2N3O5. The highest BCUT2D eigenvalue weighted by Gasteiger charge is 2.12. The number of nitrogens with zero attached hydrogens (tertiary/aromatic N) is 1. The number of nitrogens with one attached hydrogen (secondary N) is 2. The highest BCUT2D eigenvalue weighted by atomic mass is 35.5. The third-order valence-corrected chi connectivity index (χ3v) is 5.54. The van der Waals surface area contributed by atoms with E-state index < -0.39 is 11.8 Å². The summed E-state index contributed by atoms with van der Waals surface area (Å²) in [6.45, 7) is 0.597. The molecule has 10 heteroatoms. The minimum atomic E-state index is -0.882. The number of methoxy groups -OCH3 is 2.